The van der Waals surface area contributed by atoms with Crippen molar-refractivity contribution in [2.24, 2.45) is 10.9 Å². The third-order valence-electron chi connectivity index (χ3n) is 4.22. The molecule has 0 amide bonds. The van der Waals surface area contributed by atoms with Crippen molar-refractivity contribution in [1.82, 2.24) is 10.3 Å². The van der Waals surface area contributed by atoms with Crippen LogP contribution in [-0.2, 0) is 6.42 Å². The Morgan fingerprint density at radius 1 is 1.40 bits per heavy atom. The molecule has 2 heterocycles. The number of nitrogens with zero attached hydrogens (tertiary/aromatic N) is 2. The molecule has 1 aliphatic carbocycles. The van der Waals surface area contributed by atoms with Crippen LogP contribution in [0.15, 0.2) is 11.2 Å². The Labute approximate surface area is 129 Å². The van der Waals surface area contributed by atoms with E-state index in [1.54, 1.807) is 0 Å². The number of fused-ring (bicyclic) bond motifs is 1. The van der Waals surface area contributed by atoms with Crippen LogP contribution < -0.4 is 5.32 Å². The molecule has 0 bridgehead atoms. The molecule has 0 aromatic carbocycles. The molecule has 0 saturated heterocycles. The van der Waals surface area contributed by atoms with Crippen molar-refractivity contribution >= 4 is 28.3 Å². The Hall–Kier alpha value is -0.550. The summed E-state index contributed by atoms with van der Waals surface area (Å²) in [5.74, 6) is 2.06. The zero-order valence-electron chi connectivity index (χ0n) is 12.3. The van der Waals surface area contributed by atoms with E-state index in [9.17, 15) is 0 Å². The molecule has 1 aromatic heterocycles. The average molecular weight is 310 g/mol. The highest BCUT2D eigenvalue weighted by atomic mass is 32.2. The van der Waals surface area contributed by atoms with Crippen LogP contribution in [0.1, 0.15) is 55.5 Å². The summed E-state index contributed by atoms with van der Waals surface area (Å²) in [5, 5.41) is 5.88. The van der Waals surface area contributed by atoms with Gasteiger partial charge in [-0.15, -0.1) is 11.3 Å². The fourth-order valence-electron chi connectivity index (χ4n) is 2.94. The summed E-state index contributed by atoms with van der Waals surface area (Å²) in [4.78, 5) is 10.8. The number of thiazole rings is 1. The average Bonchev–Trinajstić information content (AvgIpc) is 2.96. The van der Waals surface area contributed by atoms with E-state index in [1.807, 2.05) is 29.3 Å². The first kappa shape index (κ1) is 14.4. The Balaban J connectivity index is 1.63. The van der Waals surface area contributed by atoms with Gasteiger partial charge >= 0.3 is 0 Å². The smallest absolute Gasteiger partial charge is 0.157 e. The second-order valence-electron chi connectivity index (χ2n) is 5.74. The number of rotatable bonds is 3. The van der Waals surface area contributed by atoms with Crippen molar-refractivity contribution < 1.29 is 0 Å². The number of amidine groups is 1. The van der Waals surface area contributed by atoms with Crippen molar-refractivity contribution in [3.8, 4) is 0 Å². The van der Waals surface area contributed by atoms with Crippen LogP contribution in [-0.4, -0.2) is 21.9 Å². The van der Waals surface area contributed by atoms with Gasteiger partial charge in [0.15, 0.2) is 5.17 Å². The van der Waals surface area contributed by atoms with Gasteiger partial charge in [-0.05, 0) is 32.1 Å². The van der Waals surface area contributed by atoms with E-state index in [1.165, 1.54) is 41.3 Å². The molecular weight excluding hydrogens is 286 g/mol. The van der Waals surface area contributed by atoms with E-state index in [0.29, 0.717) is 6.04 Å². The number of nitrogens with one attached hydrogen (secondary N) is 1. The minimum atomic E-state index is 0.270. The van der Waals surface area contributed by atoms with Gasteiger partial charge < -0.3 is 5.32 Å². The Bertz CT molecular complexity index is 483. The Morgan fingerprint density at radius 2 is 2.25 bits per heavy atom. The molecule has 1 aliphatic heterocycles. The maximum Gasteiger partial charge on any atom is 0.157 e. The number of aliphatic imine (C=N–C) groups is 1. The summed E-state index contributed by atoms with van der Waals surface area (Å²) in [6.07, 6.45) is 8.48. The number of aromatic nitrogens is 1. The molecule has 20 heavy (non-hydrogen) atoms. The van der Waals surface area contributed by atoms with Crippen molar-refractivity contribution in [3.63, 3.8) is 0 Å². The van der Waals surface area contributed by atoms with Crippen LogP contribution in [0.5, 0.6) is 0 Å². The lowest BCUT2D eigenvalue weighted by molar-refractivity contribution is 0.335. The molecule has 3 unspecified atom stereocenters. The molecule has 0 radical (unpaired) electrons. The van der Waals surface area contributed by atoms with Gasteiger partial charge in [0.25, 0.3) is 0 Å². The predicted octanol–water partition coefficient (Wildman–Crippen LogP) is 4.02. The lowest BCUT2D eigenvalue weighted by Gasteiger charge is -2.33. The molecule has 3 nitrogen and oxygen atoms in total. The second-order valence-corrected chi connectivity index (χ2v) is 7.90. The topological polar surface area (TPSA) is 37.3 Å². The molecule has 1 saturated carbocycles. The highest BCUT2D eigenvalue weighted by Gasteiger charge is 2.29. The molecule has 110 valence electrons. The second kappa shape index (κ2) is 6.48. The van der Waals surface area contributed by atoms with Gasteiger partial charge in [0, 0.05) is 16.8 Å². The summed E-state index contributed by atoms with van der Waals surface area (Å²) in [5.41, 5.74) is 0. The normalized spacial score (nSPS) is 27.6. The van der Waals surface area contributed by atoms with Crippen molar-refractivity contribution in [3.05, 3.63) is 16.1 Å². The van der Waals surface area contributed by atoms with Gasteiger partial charge in [-0.2, -0.15) is 0 Å². The zero-order valence-corrected chi connectivity index (χ0v) is 13.9. The first-order valence-electron chi connectivity index (χ1n) is 7.68. The van der Waals surface area contributed by atoms with Crippen molar-refractivity contribution in [1.29, 1.82) is 0 Å². The largest absolute Gasteiger partial charge is 0.356 e. The maximum atomic E-state index is 4.94. The molecular formula is C15H23N3S2. The number of hydrogen-bond donors (Lipinski definition) is 1. The Kier molecular flexibility index (Phi) is 4.66. The molecule has 1 N–H and O–H groups in total. The molecule has 1 fully saturated rings. The van der Waals surface area contributed by atoms with Gasteiger partial charge in [-0.25, -0.2) is 4.98 Å². The van der Waals surface area contributed by atoms with Crippen LogP contribution in [0.4, 0.5) is 0 Å². The summed E-state index contributed by atoms with van der Waals surface area (Å²) >= 11 is 3.71. The van der Waals surface area contributed by atoms with Crippen LogP contribution in [0.2, 0.25) is 0 Å². The lowest BCUT2D eigenvalue weighted by Crippen LogP contribution is -2.35. The fraction of sp³-hybridized carbons (Fsp3) is 0.733. The van der Waals surface area contributed by atoms with Gasteiger partial charge in [-0.3, -0.25) is 4.99 Å². The molecule has 3 rings (SSSR count). The molecule has 0 spiro atoms. The highest BCUT2D eigenvalue weighted by Crippen LogP contribution is 2.34. The number of hydrogen-bond acceptors (Lipinski definition) is 5. The SMILES string of the molecule is CCc1cnc(C(C)NC2=NC3CCCCC3CS2)s1. The van der Waals surface area contributed by atoms with Gasteiger partial charge in [0.05, 0.1) is 12.1 Å². The fourth-order valence-corrected chi connectivity index (χ4v) is 5.03. The molecule has 1 aromatic rings. The molecule has 2 aliphatic rings. The quantitative estimate of drug-likeness (QED) is 0.916. The van der Waals surface area contributed by atoms with E-state index in [2.05, 4.69) is 24.1 Å². The van der Waals surface area contributed by atoms with Crippen LogP contribution in [0.25, 0.3) is 0 Å². The zero-order chi connectivity index (χ0) is 13.9. The first-order chi connectivity index (χ1) is 9.76. The summed E-state index contributed by atoms with van der Waals surface area (Å²) in [6, 6.07) is 0.842. The Morgan fingerprint density at radius 3 is 3.05 bits per heavy atom. The van der Waals surface area contributed by atoms with Crippen LogP contribution in [0, 0.1) is 5.92 Å². The lowest BCUT2D eigenvalue weighted by atomic mass is 9.86. The van der Waals surface area contributed by atoms with Crippen LogP contribution >= 0.6 is 23.1 Å². The number of aryl methyl sites for hydroxylation is 1. The minimum Gasteiger partial charge on any atom is -0.356 e. The molecule has 5 heteroatoms. The standard InChI is InChI=1S/C15H23N3S2/c1-3-12-8-16-14(20-12)10(2)17-15-18-13-7-5-4-6-11(13)9-19-15/h8,10-11,13H,3-7,9H2,1-2H3,(H,17,18). The van der Waals surface area contributed by atoms with E-state index in [0.717, 1.165) is 17.5 Å². The highest BCUT2D eigenvalue weighted by molar-refractivity contribution is 8.13. The maximum absolute atomic E-state index is 4.94. The van der Waals surface area contributed by atoms with E-state index >= 15 is 0 Å². The van der Waals surface area contributed by atoms with E-state index in [-0.39, 0.29) is 6.04 Å². The summed E-state index contributed by atoms with van der Waals surface area (Å²) in [7, 11) is 0. The first-order valence-corrected chi connectivity index (χ1v) is 9.48. The van der Waals surface area contributed by atoms with Crippen molar-refractivity contribution in [2.45, 2.75) is 58.0 Å². The van der Waals surface area contributed by atoms with Crippen molar-refractivity contribution in [2.75, 3.05) is 5.75 Å². The van der Waals surface area contributed by atoms with E-state index in [4.69, 9.17) is 4.99 Å². The summed E-state index contributed by atoms with van der Waals surface area (Å²) < 4.78 is 0. The van der Waals surface area contributed by atoms with Gasteiger partial charge in [0.2, 0.25) is 0 Å². The molecule has 3 atom stereocenters. The van der Waals surface area contributed by atoms with Gasteiger partial charge in [0.1, 0.15) is 5.01 Å². The third kappa shape index (κ3) is 3.19. The third-order valence-corrected chi connectivity index (χ3v) is 6.63. The van der Waals surface area contributed by atoms with E-state index < -0.39 is 0 Å². The monoisotopic (exact) mass is 309 g/mol. The predicted molar refractivity (Wildman–Crippen MR) is 88.7 cm³/mol. The van der Waals surface area contributed by atoms with Gasteiger partial charge in [-0.1, -0.05) is 31.5 Å². The summed E-state index contributed by atoms with van der Waals surface area (Å²) in [6.45, 7) is 4.37. The minimum absolute atomic E-state index is 0.270. The van der Waals surface area contributed by atoms with Crippen LogP contribution in [0.3, 0.4) is 0 Å². The number of thioether (sulfide) groups is 1.